The number of benzene rings is 4. The summed E-state index contributed by atoms with van der Waals surface area (Å²) < 4.78 is 152. The molecule has 5 rings (SSSR count). The molecule has 0 saturated carbocycles. The summed E-state index contributed by atoms with van der Waals surface area (Å²) in [6.45, 7) is 10.1. The molecule has 0 aromatic heterocycles. The second-order valence-electron chi connectivity index (χ2n) is 12.1. The molecule has 1 heterocycles. The zero-order chi connectivity index (χ0) is 34.4. The van der Waals surface area contributed by atoms with Gasteiger partial charge in [-0.05, 0) is 63.8 Å². The van der Waals surface area contributed by atoms with Gasteiger partial charge >= 0.3 is 0 Å². The number of hydrogen-bond acceptors (Lipinski definition) is 2. The van der Waals surface area contributed by atoms with E-state index in [2.05, 4.69) is 0 Å². The van der Waals surface area contributed by atoms with Crippen LogP contribution in [0.1, 0.15) is 33.4 Å². The lowest BCUT2D eigenvalue weighted by molar-refractivity contribution is 0.0932. The predicted octanol–water partition coefficient (Wildman–Crippen LogP) is 7.28. The highest BCUT2D eigenvalue weighted by molar-refractivity contribution is 7.90. The van der Waals surface area contributed by atoms with Crippen LogP contribution in [0.5, 0.6) is 0 Å². The zero-order valence-electron chi connectivity index (χ0n) is 25.4. The molecule has 0 aliphatic carbocycles. The van der Waals surface area contributed by atoms with Gasteiger partial charge in [-0.25, -0.2) is 48.6 Å². The Morgan fingerprint density at radius 1 is 0.500 bits per heavy atom. The van der Waals surface area contributed by atoms with E-state index in [4.69, 9.17) is 0 Å². The summed E-state index contributed by atoms with van der Waals surface area (Å²) in [5, 5.41) is 13.3. The highest BCUT2D eigenvalue weighted by Gasteiger charge is 2.65. The summed E-state index contributed by atoms with van der Waals surface area (Å²) in [4.78, 5) is 0. The van der Waals surface area contributed by atoms with Crippen molar-refractivity contribution in [1.29, 1.82) is 0 Å². The van der Waals surface area contributed by atoms with Crippen LogP contribution in [0.25, 0.3) is 0 Å². The van der Waals surface area contributed by atoms with Gasteiger partial charge in [-0.3, -0.25) is 0 Å². The molecule has 4 aromatic rings. The molecule has 0 bridgehead atoms. The van der Waals surface area contributed by atoms with Crippen LogP contribution in [-0.2, 0) is 0 Å². The fourth-order valence-electron chi connectivity index (χ4n) is 7.73. The monoisotopic (exact) mass is 673 g/mol. The second kappa shape index (κ2) is 11.4. The van der Waals surface area contributed by atoms with Crippen LogP contribution in [0.15, 0.2) is 24.3 Å². The molecule has 2 nitrogen and oxygen atoms in total. The van der Waals surface area contributed by atoms with E-state index < -0.39 is 95.3 Å². The lowest BCUT2D eigenvalue weighted by Crippen LogP contribution is -2.71. The standard InChI is InChI=1S/C32H27BF10NOP/c1-13-9-15(3)31(16(4)10-13)46(32-17(5)11-14(2)12-18(32)6)8-7-33(44(46)45,19-21(34)25(38)29(42)26(39)22(19)35)20-23(36)27(40)30(43)28(41)24(20)37/h9-12,45H,7-8H2,1-6H3. The topological polar surface area (TPSA) is 23.5 Å². The van der Waals surface area contributed by atoms with Gasteiger partial charge in [0.1, 0.15) is 41.3 Å². The van der Waals surface area contributed by atoms with E-state index >= 15 is 17.6 Å². The van der Waals surface area contributed by atoms with Gasteiger partial charge in [0.05, 0.1) is 6.16 Å². The molecule has 0 spiro atoms. The maximum atomic E-state index is 15.8. The molecule has 1 aliphatic heterocycles. The van der Waals surface area contributed by atoms with E-state index in [-0.39, 0.29) is 4.74 Å². The van der Waals surface area contributed by atoms with E-state index in [0.29, 0.717) is 32.9 Å². The second-order valence-corrected chi connectivity index (χ2v) is 15.3. The van der Waals surface area contributed by atoms with E-state index in [1.165, 1.54) is 0 Å². The van der Waals surface area contributed by atoms with E-state index in [0.717, 1.165) is 11.1 Å². The first-order valence-electron chi connectivity index (χ1n) is 14.1. The molecular formula is C32H27BF10NOP. The molecule has 0 radical (unpaired) electrons. The molecular weight excluding hydrogens is 646 g/mol. The minimum absolute atomic E-state index is 0.193. The van der Waals surface area contributed by atoms with Crippen molar-refractivity contribution in [3.63, 3.8) is 0 Å². The van der Waals surface area contributed by atoms with Crippen molar-refractivity contribution in [2.75, 3.05) is 6.16 Å². The SMILES string of the molecule is Cc1cc(C)c([P+]2(c3c(C)cc(C)cc3C)CC[B-](c3c(F)c(F)c(F)c(F)c3F)(c3c(F)c(F)c(F)c(F)c3F)N2O)c(C)c1. The van der Waals surface area contributed by atoms with Crippen molar-refractivity contribution in [2.24, 2.45) is 0 Å². The van der Waals surface area contributed by atoms with Gasteiger partial charge in [-0.15, -0.1) is 17.2 Å². The summed E-state index contributed by atoms with van der Waals surface area (Å²) in [6, 6.07) is 6.84. The van der Waals surface area contributed by atoms with Crippen molar-refractivity contribution < 1.29 is 49.1 Å². The molecule has 0 unspecified atom stereocenters. The Hall–Kier alpha value is -3.41. The molecule has 1 aliphatic rings. The van der Waals surface area contributed by atoms with Gasteiger partial charge in [0.15, 0.2) is 34.9 Å². The molecule has 14 heteroatoms. The molecule has 4 aromatic carbocycles. The smallest absolute Gasteiger partial charge is 0.209 e. The Kier molecular flexibility index (Phi) is 8.40. The number of rotatable bonds is 4. The Morgan fingerprint density at radius 3 is 1.04 bits per heavy atom. The molecule has 46 heavy (non-hydrogen) atoms. The lowest BCUT2D eigenvalue weighted by Gasteiger charge is -2.45. The van der Waals surface area contributed by atoms with Gasteiger partial charge in [0.25, 0.3) is 0 Å². The highest BCUT2D eigenvalue weighted by Crippen LogP contribution is 2.68. The van der Waals surface area contributed by atoms with Crippen molar-refractivity contribution in [1.82, 2.24) is 4.74 Å². The van der Waals surface area contributed by atoms with E-state index in [1.54, 1.807) is 65.8 Å². The maximum absolute atomic E-state index is 15.8. The first-order valence-corrected chi connectivity index (χ1v) is 16.0. The van der Waals surface area contributed by atoms with Crippen molar-refractivity contribution in [2.45, 2.75) is 47.9 Å². The molecule has 0 atom stereocenters. The van der Waals surface area contributed by atoms with Gasteiger partial charge in [-0.2, -0.15) is 0 Å². The lowest BCUT2D eigenvalue weighted by atomic mass is 9.26. The van der Waals surface area contributed by atoms with Crippen LogP contribution in [0.3, 0.4) is 0 Å². The summed E-state index contributed by atoms with van der Waals surface area (Å²) in [7, 11) is -3.88. The molecule has 1 fully saturated rings. The Balaban J connectivity index is 2.08. The molecule has 1 N–H and O–H groups in total. The fourth-order valence-corrected chi connectivity index (χ4v) is 13.4. The van der Waals surface area contributed by atoms with Gasteiger partial charge in [-0.1, -0.05) is 35.4 Å². The summed E-state index contributed by atoms with van der Waals surface area (Å²) in [5.41, 5.74) is -0.251. The van der Waals surface area contributed by atoms with E-state index in [9.17, 15) is 31.5 Å². The Bertz CT molecular complexity index is 1740. The van der Waals surface area contributed by atoms with Crippen LogP contribution in [-0.4, -0.2) is 22.4 Å². The number of hydrogen-bond donors (Lipinski definition) is 1. The van der Waals surface area contributed by atoms with Crippen LogP contribution >= 0.6 is 7.41 Å². The van der Waals surface area contributed by atoms with Crippen molar-refractivity contribution in [3.05, 3.63) is 116 Å². The third-order valence-corrected chi connectivity index (χ3v) is 14.0. The normalized spacial score (nSPS) is 16.0. The first kappa shape index (κ1) is 33.9. The summed E-state index contributed by atoms with van der Waals surface area (Å²) >= 11 is 0. The van der Waals surface area contributed by atoms with Crippen molar-refractivity contribution >= 4 is 35.2 Å². The Morgan fingerprint density at radius 2 is 0.761 bits per heavy atom. The fraction of sp³-hybridized carbons (Fsp3) is 0.250. The average Bonchev–Trinajstić information content (AvgIpc) is 3.25. The third-order valence-electron chi connectivity index (χ3n) is 9.07. The van der Waals surface area contributed by atoms with E-state index in [1.807, 2.05) is 0 Å². The highest BCUT2D eigenvalue weighted by atomic mass is 31.2. The molecule has 1 saturated heterocycles. The average molecular weight is 673 g/mol. The van der Waals surface area contributed by atoms with Crippen LogP contribution in [0, 0.1) is 99.7 Å². The van der Waals surface area contributed by atoms with Crippen molar-refractivity contribution in [3.8, 4) is 0 Å². The number of aryl methyl sites for hydroxylation is 6. The van der Waals surface area contributed by atoms with Gasteiger partial charge in [0.2, 0.25) is 6.28 Å². The van der Waals surface area contributed by atoms with Gasteiger partial charge in [0, 0.05) is 0 Å². The number of halogens is 10. The third kappa shape index (κ3) is 4.45. The Labute approximate surface area is 259 Å². The quantitative estimate of drug-likeness (QED) is 0.0811. The largest absolute Gasteiger partial charge is 0.321 e. The summed E-state index contributed by atoms with van der Waals surface area (Å²) in [5.74, 6) is -25.6. The predicted molar refractivity (Wildman–Crippen MR) is 158 cm³/mol. The minimum atomic E-state index is -4.54. The zero-order valence-corrected chi connectivity index (χ0v) is 26.3. The minimum Gasteiger partial charge on any atom is -0.321 e. The molecule has 0 amide bonds. The molecule has 244 valence electrons. The summed E-state index contributed by atoms with van der Waals surface area (Å²) in [6.07, 6.45) is -5.91. The van der Waals surface area contributed by atoms with Crippen LogP contribution < -0.4 is 21.5 Å². The van der Waals surface area contributed by atoms with Gasteiger partial charge < -0.3 is 5.21 Å². The van der Waals surface area contributed by atoms with Crippen LogP contribution in [0.2, 0.25) is 6.32 Å². The first-order chi connectivity index (χ1) is 21.4. The van der Waals surface area contributed by atoms with Crippen LogP contribution in [0.4, 0.5) is 43.9 Å². The number of nitrogens with zero attached hydrogens (tertiary/aromatic N) is 1. The maximum Gasteiger partial charge on any atom is 0.209 e.